The number of nitrogens with one attached hydrogen (secondary N) is 1. The van der Waals surface area contributed by atoms with E-state index in [-0.39, 0.29) is 0 Å². The monoisotopic (exact) mass is 193 g/mol. The van der Waals surface area contributed by atoms with Gasteiger partial charge in [-0.2, -0.15) is 0 Å². The quantitative estimate of drug-likeness (QED) is 0.725. The molecule has 0 aliphatic heterocycles. The summed E-state index contributed by atoms with van der Waals surface area (Å²) < 4.78 is 5.19. The lowest BCUT2D eigenvalue weighted by Gasteiger charge is -2.08. The van der Waals surface area contributed by atoms with Gasteiger partial charge in [0.2, 0.25) is 0 Å². The topological polar surface area (TPSA) is 21.3 Å². The number of hydrogen-bond acceptors (Lipinski definition) is 2. The minimum absolute atomic E-state index is 0.927. The molecule has 0 spiro atoms. The minimum Gasteiger partial charge on any atom is -0.497 e. The van der Waals surface area contributed by atoms with Gasteiger partial charge in [-0.1, -0.05) is 13.0 Å². The van der Waals surface area contributed by atoms with Gasteiger partial charge in [0.15, 0.2) is 0 Å². The molecular weight excluding hydrogens is 174 g/mol. The summed E-state index contributed by atoms with van der Waals surface area (Å²) in [4.78, 5) is 0. The van der Waals surface area contributed by atoms with Crippen LogP contribution in [0.3, 0.4) is 0 Å². The molecule has 0 radical (unpaired) electrons. The van der Waals surface area contributed by atoms with Crippen LogP contribution in [0, 0.1) is 6.92 Å². The van der Waals surface area contributed by atoms with Crippen LogP contribution in [0.4, 0.5) is 0 Å². The van der Waals surface area contributed by atoms with Crippen LogP contribution >= 0.6 is 0 Å². The number of hydrogen-bond donors (Lipinski definition) is 1. The van der Waals surface area contributed by atoms with Crippen LogP contribution in [0.1, 0.15) is 24.5 Å². The molecule has 0 aromatic heterocycles. The summed E-state index contributed by atoms with van der Waals surface area (Å²) in [6, 6.07) is 6.19. The third-order valence-corrected chi connectivity index (χ3v) is 2.30. The van der Waals surface area contributed by atoms with Crippen molar-refractivity contribution in [3.8, 4) is 5.75 Å². The van der Waals surface area contributed by atoms with Gasteiger partial charge in [0.1, 0.15) is 5.75 Å². The summed E-state index contributed by atoms with van der Waals surface area (Å²) in [6.45, 7) is 6.29. The predicted octanol–water partition coefficient (Wildman–Crippen LogP) is 2.50. The summed E-state index contributed by atoms with van der Waals surface area (Å²) >= 11 is 0. The number of benzene rings is 1. The van der Waals surface area contributed by atoms with E-state index in [1.807, 2.05) is 6.07 Å². The van der Waals surface area contributed by atoms with E-state index in [0.717, 1.165) is 18.8 Å². The van der Waals surface area contributed by atoms with Gasteiger partial charge in [0.25, 0.3) is 0 Å². The summed E-state index contributed by atoms with van der Waals surface area (Å²) in [5.41, 5.74) is 2.63. The lowest BCUT2D eigenvalue weighted by Crippen LogP contribution is -2.14. The fourth-order valence-electron chi connectivity index (χ4n) is 1.37. The van der Waals surface area contributed by atoms with Crippen molar-refractivity contribution >= 4 is 0 Å². The van der Waals surface area contributed by atoms with E-state index in [0.29, 0.717) is 0 Å². The normalized spacial score (nSPS) is 10.2. The maximum absolute atomic E-state index is 5.19. The molecule has 0 heterocycles. The maximum Gasteiger partial charge on any atom is 0.119 e. The molecule has 0 aliphatic carbocycles. The molecule has 0 fully saturated rings. The molecule has 1 N–H and O–H groups in total. The van der Waals surface area contributed by atoms with Crippen molar-refractivity contribution in [2.24, 2.45) is 0 Å². The molecule has 0 bridgehead atoms. The molecule has 1 aromatic rings. The molecule has 0 atom stereocenters. The molecule has 0 amide bonds. The van der Waals surface area contributed by atoms with Crippen LogP contribution in [-0.4, -0.2) is 13.7 Å². The summed E-state index contributed by atoms with van der Waals surface area (Å²) in [6.07, 6.45) is 1.17. The van der Waals surface area contributed by atoms with E-state index in [9.17, 15) is 0 Å². The third-order valence-electron chi connectivity index (χ3n) is 2.30. The Balaban J connectivity index is 2.64. The van der Waals surface area contributed by atoms with Gasteiger partial charge in [-0.15, -0.1) is 0 Å². The van der Waals surface area contributed by atoms with E-state index >= 15 is 0 Å². The Morgan fingerprint density at radius 3 is 2.79 bits per heavy atom. The standard InChI is InChI=1S/C12H19NO/c1-4-7-13-9-11-8-12(14-3)6-5-10(11)2/h5-6,8,13H,4,7,9H2,1-3H3. The van der Waals surface area contributed by atoms with Crippen molar-refractivity contribution in [1.29, 1.82) is 0 Å². The highest BCUT2D eigenvalue weighted by atomic mass is 16.5. The zero-order chi connectivity index (χ0) is 10.4. The highest BCUT2D eigenvalue weighted by Crippen LogP contribution is 2.16. The van der Waals surface area contributed by atoms with Crippen molar-refractivity contribution in [3.63, 3.8) is 0 Å². The minimum atomic E-state index is 0.927. The van der Waals surface area contributed by atoms with E-state index in [4.69, 9.17) is 4.74 Å². The van der Waals surface area contributed by atoms with E-state index in [2.05, 4.69) is 31.3 Å². The van der Waals surface area contributed by atoms with Crippen molar-refractivity contribution in [1.82, 2.24) is 5.32 Å². The van der Waals surface area contributed by atoms with Crippen molar-refractivity contribution < 1.29 is 4.74 Å². The first-order chi connectivity index (χ1) is 6.77. The van der Waals surface area contributed by atoms with E-state index in [1.165, 1.54) is 17.5 Å². The molecule has 1 rings (SSSR count). The number of ether oxygens (including phenoxy) is 1. The molecule has 2 heteroatoms. The Labute approximate surface area is 86.3 Å². The van der Waals surface area contributed by atoms with Crippen LogP contribution in [-0.2, 0) is 6.54 Å². The largest absolute Gasteiger partial charge is 0.497 e. The first-order valence-electron chi connectivity index (χ1n) is 5.12. The molecule has 0 saturated heterocycles. The third kappa shape index (κ3) is 3.04. The Bertz CT molecular complexity index is 284. The van der Waals surface area contributed by atoms with Gasteiger partial charge < -0.3 is 10.1 Å². The Hall–Kier alpha value is -1.02. The number of aryl methyl sites for hydroxylation is 1. The van der Waals surface area contributed by atoms with Gasteiger partial charge in [-0.25, -0.2) is 0 Å². The molecule has 1 aromatic carbocycles. The van der Waals surface area contributed by atoms with Crippen LogP contribution in [0.2, 0.25) is 0 Å². The van der Waals surface area contributed by atoms with E-state index < -0.39 is 0 Å². The van der Waals surface area contributed by atoms with Crippen molar-refractivity contribution in [2.45, 2.75) is 26.8 Å². The molecule has 0 unspecified atom stereocenters. The van der Waals surface area contributed by atoms with E-state index in [1.54, 1.807) is 7.11 Å². The predicted molar refractivity (Wildman–Crippen MR) is 59.7 cm³/mol. The smallest absolute Gasteiger partial charge is 0.119 e. The average Bonchev–Trinajstić information content (AvgIpc) is 2.21. The Kier molecular flexibility index (Phi) is 4.47. The second kappa shape index (κ2) is 5.66. The SMILES string of the molecule is CCCNCc1cc(OC)ccc1C. The van der Waals surface area contributed by atoms with Crippen LogP contribution in [0.15, 0.2) is 18.2 Å². The molecule has 78 valence electrons. The lowest BCUT2D eigenvalue weighted by atomic mass is 10.1. The van der Waals surface area contributed by atoms with Crippen LogP contribution in [0.5, 0.6) is 5.75 Å². The molecule has 0 saturated carbocycles. The average molecular weight is 193 g/mol. The highest BCUT2D eigenvalue weighted by molar-refractivity contribution is 5.34. The van der Waals surface area contributed by atoms with Gasteiger partial charge in [0.05, 0.1) is 7.11 Å². The first-order valence-corrected chi connectivity index (χ1v) is 5.12. The summed E-state index contributed by atoms with van der Waals surface area (Å²) in [7, 11) is 1.70. The zero-order valence-corrected chi connectivity index (χ0v) is 9.26. The lowest BCUT2D eigenvalue weighted by molar-refractivity contribution is 0.414. The van der Waals surface area contributed by atoms with Crippen molar-refractivity contribution in [2.75, 3.05) is 13.7 Å². The highest BCUT2D eigenvalue weighted by Gasteiger charge is 1.99. The maximum atomic E-state index is 5.19. The van der Waals surface area contributed by atoms with Gasteiger partial charge in [0, 0.05) is 6.54 Å². The second-order valence-corrected chi connectivity index (χ2v) is 3.47. The van der Waals surface area contributed by atoms with Crippen LogP contribution in [0.25, 0.3) is 0 Å². The Morgan fingerprint density at radius 2 is 2.14 bits per heavy atom. The molecule has 2 nitrogen and oxygen atoms in total. The zero-order valence-electron chi connectivity index (χ0n) is 9.26. The first kappa shape index (κ1) is 11.1. The molecular formula is C12H19NO. The molecule has 14 heavy (non-hydrogen) atoms. The van der Waals surface area contributed by atoms with Crippen LogP contribution < -0.4 is 10.1 Å². The second-order valence-electron chi connectivity index (χ2n) is 3.47. The number of rotatable bonds is 5. The molecule has 0 aliphatic rings. The fourth-order valence-corrected chi connectivity index (χ4v) is 1.37. The van der Waals surface area contributed by atoms with Gasteiger partial charge >= 0.3 is 0 Å². The Morgan fingerprint density at radius 1 is 1.36 bits per heavy atom. The summed E-state index contributed by atoms with van der Waals surface area (Å²) in [5.74, 6) is 0.934. The summed E-state index contributed by atoms with van der Waals surface area (Å²) in [5, 5.41) is 3.39. The number of methoxy groups -OCH3 is 1. The van der Waals surface area contributed by atoms with Crippen molar-refractivity contribution in [3.05, 3.63) is 29.3 Å². The fraction of sp³-hybridized carbons (Fsp3) is 0.500. The van der Waals surface area contributed by atoms with Gasteiger partial charge in [-0.05, 0) is 43.1 Å². The van der Waals surface area contributed by atoms with Gasteiger partial charge in [-0.3, -0.25) is 0 Å².